The Morgan fingerprint density at radius 1 is 1.10 bits per heavy atom. The first kappa shape index (κ1) is 15.0. The van der Waals surface area contributed by atoms with Crippen molar-refractivity contribution in [1.82, 2.24) is 0 Å². The molecule has 108 valence electrons. The number of carbonyl (C=O) groups is 1. The van der Waals surface area contributed by atoms with Crippen LogP contribution in [0.15, 0.2) is 48.5 Å². The number of carbonyl (C=O) groups excluding carboxylic acids is 1. The minimum absolute atomic E-state index is 0.108. The van der Waals surface area contributed by atoms with Crippen molar-refractivity contribution in [3.8, 4) is 0 Å². The van der Waals surface area contributed by atoms with E-state index in [0.717, 1.165) is 28.8 Å². The van der Waals surface area contributed by atoms with E-state index in [-0.39, 0.29) is 5.91 Å². The third-order valence-corrected chi connectivity index (χ3v) is 3.47. The van der Waals surface area contributed by atoms with Crippen LogP contribution in [-0.4, -0.2) is 5.91 Å². The summed E-state index contributed by atoms with van der Waals surface area (Å²) in [6, 6.07) is 14.3. The molecule has 0 saturated carbocycles. The van der Waals surface area contributed by atoms with Crippen LogP contribution >= 0.6 is 0 Å². The smallest absolute Gasteiger partial charge is 0.248 e. The van der Waals surface area contributed by atoms with E-state index in [1.54, 1.807) is 6.08 Å². The van der Waals surface area contributed by atoms with Crippen molar-refractivity contribution < 1.29 is 4.79 Å². The zero-order valence-electron chi connectivity index (χ0n) is 12.8. The molecule has 0 bridgehead atoms. The van der Waals surface area contributed by atoms with E-state index in [1.165, 1.54) is 5.56 Å². The summed E-state index contributed by atoms with van der Waals surface area (Å²) in [4.78, 5) is 12.0. The number of hydrogen-bond acceptors (Lipinski definition) is 1. The fourth-order valence-electron chi connectivity index (χ4n) is 2.08. The Morgan fingerprint density at radius 2 is 1.81 bits per heavy atom. The first-order valence-corrected chi connectivity index (χ1v) is 7.23. The van der Waals surface area contributed by atoms with Gasteiger partial charge in [-0.15, -0.1) is 0 Å². The van der Waals surface area contributed by atoms with Crippen molar-refractivity contribution in [1.29, 1.82) is 0 Å². The fraction of sp³-hybridized carbons (Fsp3) is 0.211. The van der Waals surface area contributed by atoms with Gasteiger partial charge in [0.1, 0.15) is 0 Å². The lowest BCUT2D eigenvalue weighted by Crippen LogP contribution is -2.09. The van der Waals surface area contributed by atoms with Crippen molar-refractivity contribution in [3.05, 3.63) is 70.8 Å². The van der Waals surface area contributed by atoms with Crippen LogP contribution in [0.5, 0.6) is 0 Å². The van der Waals surface area contributed by atoms with Crippen molar-refractivity contribution in [2.45, 2.75) is 27.2 Å². The minimum atomic E-state index is -0.108. The van der Waals surface area contributed by atoms with E-state index in [2.05, 4.69) is 24.4 Å². The van der Waals surface area contributed by atoms with Gasteiger partial charge in [-0.2, -0.15) is 0 Å². The van der Waals surface area contributed by atoms with Crippen molar-refractivity contribution in [2.75, 3.05) is 5.32 Å². The summed E-state index contributed by atoms with van der Waals surface area (Å²) >= 11 is 0. The summed E-state index contributed by atoms with van der Waals surface area (Å²) in [6.45, 7) is 6.13. The maximum atomic E-state index is 12.0. The Kier molecular flexibility index (Phi) is 4.94. The van der Waals surface area contributed by atoms with Crippen LogP contribution in [0.4, 0.5) is 5.69 Å². The zero-order valence-corrected chi connectivity index (χ0v) is 12.8. The second kappa shape index (κ2) is 6.89. The molecule has 0 atom stereocenters. The third kappa shape index (κ3) is 4.32. The molecular weight excluding hydrogens is 258 g/mol. The van der Waals surface area contributed by atoms with E-state index >= 15 is 0 Å². The molecule has 2 aromatic carbocycles. The minimum Gasteiger partial charge on any atom is -0.322 e. The quantitative estimate of drug-likeness (QED) is 0.819. The third-order valence-electron chi connectivity index (χ3n) is 3.47. The monoisotopic (exact) mass is 279 g/mol. The molecule has 0 saturated heterocycles. The first-order chi connectivity index (χ1) is 10.1. The lowest BCUT2D eigenvalue weighted by molar-refractivity contribution is -0.111. The van der Waals surface area contributed by atoms with E-state index in [9.17, 15) is 4.79 Å². The molecule has 0 aliphatic rings. The molecule has 0 aliphatic heterocycles. The summed E-state index contributed by atoms with van der Waals surface area (Å²) in [6.07, 6.45) is 4.43. The summed E-state index contributed by atoms with van der Waals surface area (Å²) in [5, 5.41) is 2.92. The van der Waals surface area contributed by atoms with Crippen molar-refractivity contribution in [2.24, 2.45) is 0 Å². The summed E-state index contributed by atoms with van der Waals surface area (Å²) < 4.78 is 0. The molecule has 1 amide bonds. The molecule has 0 fully saturated rings. The second-order valence-electron chi connectivity index (χ2n) is 5.24. The second-order valence-corrected chi connectivity index (χ2v) is 5.24. The Morgan fingerprint density at radius 3 is 2.48 bits per heavy atom. The van der Waals surface area contributed by atoms with Gasteiger partial charge in [-0.3, -0.25) is 4.79 Å². The lowest BCUT2D eigenvalue weighted by atomic mass is 10.1. The predicted molar refractivity (Wildman–Crippen MR) is 89.4 cm³/mol. The summed E-state index contributed by atoms with van der Waals surface area (Å²) in [7, 11) is 0. The van der Waals surface area contributed by atoms with Gasteiger partial charge in [0.2, 0.25) is 5.91 Å². The molecule has 2 nitrogen and oxygen atoms in total. The van der Waals surface area contributed by atoms with Gasteiger partial charge in [-0.25, -0.2) is 0 Å². The number of benzene rings is 2. The van der Waals surface area contributed by atoms with Gasteiger partial charge < -0.3 is 5.32 Å². The van der Waals surface area contributed by atoms with E-state index < -0.39 is 0 Å². The molecule has 0 radical (unpaired) electrons. The van der Waals surface area contributed by atoms with Crippen molar-refractivity contribution in [3.63, 3.8) is 0 Å². The van der Waals surface area contributed by atoms with E-state index in [0.29, 0.717) is 0 Å². The highest BCUT2D eigenvalue weighted by atomic mass is 16.1. The number of aryl methyl sites for hydroxylation is 3. The van der Waals surface area contributed by atoms with E-state index in [1.807, 2.05) is 50.3 Å². The number of amides is 1. The standard InChI is InChI=1S/C19H21NO/c1-4-16-7-9-17(10-8-16)11-12-19(21)20-18-13-14(2)5-6-15(18)3/h5-13H,4H2,1-3H3,(H,20,21)/b12-11+. The van der Waals surface area contributed by atoms with Crippen LogP contribution < -0.4 is 5.32 Å². The van der Waals surface area contributed by atoms with Gasteiger partial charge in [0.25, 0.3) is 0 Å². The molecule has 2 aromatic rings. The normalized spacial score (nSPS) is 10.8. The molecule has 2 heteroatoms. The topological polar surface area (TPSA) is 29.1 Å². The predicted octanol–water partition coefficient (Wildman–Crippen LogP) is 4.52. The number of hydrogen-bond donors (Lipinski definition) is 1. The van der Waals surface area contributed by atoms with E-state index in [4.69, 9.17) is 0 Å². The van der Waals surface area contributed by atoms with Gasteiger partial charge in [-0.05, 0) is 54.7 Å². The maximum absolute atomic E-state index is 12.0. The Hall–Kier alpha value is -2.35. The highest BCUT2D eigenvalue weighted by Crippen LogP contribution is 2.16. The largest absolute Gasteiger partial charge is 0.322 e. The van der Waals surface area contributed by atoms with Crippen LogP contribution in [0, 0.1) is 13.8 Å². The first-order valence-electron chi connectivity index (χ1n) is 7.23. The fourth-order valence-corrected chi connectivity index (χ4v) is 2.08. The van der Waals surface area contributed by atoms with Crippen molar-refractivity contribution >= 4 is 17.7 Å². The molecule has 0 unspecified atom stereocenters. The SMILES string of the molecule is CCc1ccc(/C=C/C(=O)Nc2cc(C)ccc2C)cc1. The molecule has 21 heavy (non-hydrogen) atoms. The molecule has 2 rings (SSSR count). The van der Waals surface area contributed by atoms with Gasteiger partial charge in [0.05, 0.1) is 0 Å². The average molecular weight is 279 g/mol. The average Bonchev–Trinajstić information content (AvgIpc) is 2.49. The van der Waals surface area contributed by atoms with Crippen LogP contribution in [0.25, 0.3) is 6.08 Å². The molecule has 0 aromatic heterocycles. The van der Waals surface area contributed by atoms with Crippen LogP contribution in [0.2, 0.25) is 0 Å². The van der Waals surface area contributed by atoms with Crippen LogP contribution in [-0.2, 0) is 11.2 Å². The number of anilines is 1. The summed E-state index contributed by atoms with van der Waals surface area (Å²) in [5.41, 5.74) is 5.39. The zero-order chi connectivity index (χ0) is 15.2. The molecule has 0 spiro atoms. The molecule has 1 N–H and O–H groups in total. The van der Waals surface area contributed by atoms with Gasteiger partial charge in [0.15, 0.2) is 0 Å². The number of nitrogens with one attached hydrogen (secondary N) is 1. The van der Waals surface area contributed by atoms with Gasteiger partial charge in [0, 0.05) is 11.8 Å². The Balaban J connectivity index is 2.03. The highest BCUT2D eigenvalue weighted by Gasteiger charge is 2.01. The highest BCUT2D eigenvalue weighted by molar-refractivity contribution is 6.02. The maximum Gasteiger partial charge on any atom is 0.248 e. The van der Waals surface area contributed by atoms with Gasteiger partial charge in [-0.1, -0.05) is 43.3 Å². The van der Waals surface area contributed by atoms with Gasteiger partial charge >= 0.3 is 0 Å². The van der Waals surface area contributed by atoms with Crippen LogP contribution in [0.1, 0.15) is 29.2 Å². The molecule has 0 heterocycles. The lowest BCUT2D eigenvalue weighted by Gasteiger charge is -2.07. The number of rotatable bonds is 4. The Bertz CT molecular complexity index is 654. The van der Waals surface area contributed by atoms with Crippen LogP contribution in [0.3, 0.4) is 0 Å². The Labute approximate surface area is 126 Å². The molecular formula is C19H21NO. The summed E-state index contributed by atoms with van der Waals surface area (Å²) in [5.74, 6) is -0.108. The molecule has 0 aliphatic carbocycles.